The van der Waals surface area contributed by atoms with E-state index in [1.165, 1.54) is 0 Å². The van der Waals surface area contributed by atoms with Crippen LogP contribution in [-0.2, 0) is 4.74 Å². The zero-order chi connectivity index (χ0) is 22.3. The summed E-state index contributed by atoms with van der Waals surface area (Å²) in [7, 11) is 5.51. The maximum absolute atomic E-state index is 13.2. The second-order valence-electron chi connectivity index (χ2n) is 8.13. The number of carbonyl (C=O) groups excluding carboxylic acids is 2. The van der Waals surface area contributed by atoms with Gasteiger partial charge in [0.15, 0.2) is 0 Å². The molecule has 2 N–H and O–H groups in total. The molecule has 0 fully saturated rings. The quantitative estimate of drug-likeness (QED) is 0.783. The fourth-order valence-electron chi connectivity index (χ4n) is 3.45. The maximum atomic E-state index is 13.2. The number of hydrogen-bond acceptors (Lipinski definition) is 5. The lowest BCUT2D eigenvalue weighted by molar-refractivity contribution is 0.0150. The van der Waals surface area contributed by atoms with Crippen molar-refractivity contribution in [1.29, 1.82) is 0 Å². The summed E-state index contributed by atoms with van der Waals surface area (Å²) in [6.07, 6.45) is 0.763. The number of carbonyl (C=O) groups is 2. The highest BCUT2D eigenvalue weighted by atomic mass is 16.5. The second kappa shape index (κ2) is 11.2. The summed E-state index contributed by atoms with van der Waals surface area (Å²) in [5.41, 5.74) is 0.963. The van der Waals surface area contributed by atoms with E-state index in [1.54, 1.807) is 37.3 Å². The number of hydrogen-bond donors (Lipinski definition) is 2. The Kier molecular flexibility index (Phi) is 8.92. The molecular weight excluding hydrogens is 384 g/mol. The molecule has 0 bridgehead atoms. The zero-order valence-electron chi connectivity index (χ0n) is 19.0. The van der Waals surface area contributed by atoms with Gasteiger partial charge in [0.1, 0.15) is 12.4 Å². The molecule has 0 saturated carbocycles. The summed E-state index contributed by atoms with van der Waals surface area (Å²) in [5.74, 6) is 0.583. The first kappa shape index (κ1) is 24.0. The summed E-state index contributed by atoms with van der Waals surface area (Å²) in [6.45, 7) is 8.56. The Balaban J connectivity index is 2.33. The SMILES string of the molecule is CCCNC(=O)Nc1ccc2c(c1)C(=O)N(C)C[C@@H](OC)[C@@H](C)CN(C)[C@H](C)CO2. The van der Waals surface area contributed by atoms with Crippen LogP contribution in [0.1, 0.15) is 37.6 Å². The number of nitrogens with zero attached hydrogens (tertiary/aromatic N) is 2. The Bertz CT molecular complexity index is 727. The Hall–Kier alpha value is -2.32. The molecule has 1 aliphatic heterocycles. The van der Waals surface area contributed by atoms with E-state index in [2.05, 4.69) is 36.4 Å². The van der Waals surface area contributed by atoms with Crippen molar-refractivity contribution in [3.8, 4) is 5.75 Å². The van der Waals surface area contributed by atoms with E-state index in [-0.39, 0.29) is 30.0 Å². The fraction of sp³-hybridized carbons (Fsp3) is 0.636. The third-order valence-electron chi connectivity index (χ3n) is 5.55. The monoisotopic (exact) mass is 420 g/mol. The molecule has 168 valence electrons. The molecule has 8 nitrogen and oxygen atoms in total. The van der Waals surface area contributed by atoms with Crippen molar-refractivity contribution in [3.05, 3.63) is 23.8 Å². The molecule has 0 spiro atoms. The third-order valence-corrected chi connectivity index (χ3v) is 5.55. The van der Waals surface area contributed by atoms with E-state index >= 15 is 0 Å². The number of urea groups is 1. The molecule has 0 aromatic heterocycles. The Morgan fingerprint density at radius 1 is 1.27 bits per heavy atom. The summed E-state index contributed by atoms with van der Waals surface area (Å²) >= 11 is 0. The van der Waals surface area contributed by atoms with Crippen molar-refractivity contribution >= 4 is 17.6 Å². The number of rotatable bonds is 4. The van der Waals surface area contributed by atoms with E-state index in [9.17, 15) is 9.59 Å². The lowest BCUT2D eigenvalue weighted by Gasteiger charge is -2.34. The van der Waals surface area contributed by atoms with Crippen molar-refractivity contribution in [2.75, 3.05) is 52.8 Å². The molecule has 1 aliphatic rings. The number of ether oxygens (including phenoxy) is 2. The second-order valence-corrected chi connectivity index (χ2v) is 8.13. The predicted molar refractivity (Wildman–Crippen MR) is 118 cm³/mol. The van der Waals surface area contributed by atoms with Crippen LogP contribution >= 0.6 is 0 Å². The molecule has 3 atom stereocenters. The standard InChI is InChI=1S/C22H36N4O4/c1-7-10-23-22(28)24-17-8-9-19-18(11-17)21(27)26(5)13-20(29-6)15(2)12-25(4)16(3)14-30-19/h8-9,11,15-16,20H,7,10,12-14H2,1-6H3,(H2,23,24,28)/t15-,16+,20+/m0/s1. The molecule has 1 heterocycles. The maximum Gasteiger partial charge on any atom is 0.319 e. The minimum atomic E-state index is -0.296. The van der Waals surface area contributed by atoms with Gasteiger partial charge in [-0.05, 0) is 44.5 Å². The van der Waals surface area contributed by atoms with Gasteiger partial charge < -0.3 is 25.0 Å². The van der Waals surface area contributed by atoms with Crippen LogP contribution in [0.3, 0.4) is 0 Å². The number of fused-ring (bicyclic) bond motifs is 1. The number of nitrogens with one attached hydrogen (secondary N) is 2. The summed E-state index contributed by atoms with van der Waals surface area (Å²) < 4.78 is 11.7. The first-order valence-electron chi connectivity index (χ1n) is 10.6. The predicted octanol–water partition coefficient (Wildman–Crippen LogP) is 2.65. The van der Waals surface area contributed by atoms with E-state index in [0.29, 0.717) is 36.7 Å². The molecule has 0 aliphatic carbocycles. The van der Waals surface area contributed by atoms with Crippen LogP contribution in [-0.4, -0.2) is 81.3 Å². The van der Waals surface area contributed by atoms with Crippen LogP contribution in [0.4, 0.5) is 10.5 Å². The summed E-state index contributed by atoms with van der Waals surface area (Å²) in [6, 6.07) is 5.03. The van der Waals surface area contributed by atoms with Crippen LogP contribution < -0.4 is 15.4 Å². The number of benzene rings is 1. The van der Waals surface area contributed by atoms with Crippen LogP contribution in [0, 0.1) is 5.92 Å². The van der Waals surface area contributed by atoms with Gasteiger partial charge in [0.05, 0.1) is 11.7 Å². The lowest BCUT2D eigenvalue weighted by atomic mass is 10.0. The van der Waals surface area contributed by atoms with E-state index < -0.39 is 0 Å². The minimum absolute atomic E-state index is 0.0847. The largest absolute Gasteiger partial charge is 0.491 e. The van der Waals surface area contributed by atoms with Crippen molar-refractivity contribution < 1.29 is 19.1 Å². The topological polar surface area (TPSA) is 83.1 Å². The van der Waals surface area contributed by atoms with E-state index in [4.69, 9.17) is 9.47 Å². The summed E-state index contributed by atoms with van der Waals surface area (Å²) in [5, 5.41) is 5.55. The van der Waals surface area contributed by atoms with Gasteiger partial charge in [-0.25, -0.2) is 4.79 Å². The van der Waals surface area contributed by atoms with Gasteiger partial charge in [0, 0.05) is 45.5 Å². The molecule has 0 radical (unpaired) electrons. The average molecular weight is 421 g/mol. The van der Waals surface area contributed by atoms with Crippen molar-refractivity contribution in [2.24, 2.45) is 5.92 Å². The van der Waals surface area contributed by atoms with E-state index in [0.717, 1.165) is 13.0 Å². The highest BCUT2D eigenvalue weighted by Crippen LogP contribution is 2.26. The molecule has 0 unspecified atom stereocenters. The Labute approximate surface area is 179 Å². The molecule has 2 rings (SSSR count). The molecule has 8 heteroatoms. The van der Waals surface area contributed by atoms with Gasteiger partial charge in [0.2, 0.25) is 0 Å². The van der Waals surface area contributed by atoms with Crippen molar-refractivity contribution in [2.45, 2.75) is 39.3 Å². The smallest absolute Gasteiger partial charge is 0.319 e. The van der Waals surface area contributed by atoms with E-state index in [1.807, 2.05) is 6.92 Å². The van der Waals surface area contributed by atoms with Gasteiger partial charge in [-0.1, -0.05) is 13.8 Å². The molecule has 3 amide bonds. The number of amides is 3. The third kappa shape index (κ3) is 6.34. The molecule has 30 heavy (non-hydrogen) atoms. The van der Waals surface area contributed by atoms with Gasteiger partial charge in [-0.15, -0.1) is 0 Å². The first-order valence-corrected chi connectivity index (χ1v) is 10.6. The van der Waals surface area contributed by atoms with Gasteiger partial charge >= 0.3 is 6.03 Å². The van der Waals surface area contributed by atoms with Crippen LogP contribution in [0.2, 0.25) is 0 Å². The number of anilines is 1. The highest BCUT2D eigenvalue weighted by molar-refractivity contribution is 5.99. The van der Waals surface area contributed by atoms with Crippen LogP contribution in [0.25, 0.3) is 0 Å². The van der Waals surface area contributed by atoms with Crippen LogP contribution in [0.15, 0.2) is 18.2 Å². The molecular formula is C22H36N4O4. The normalized spacial score (nSPS) is 23.6. The van der Waals surface area contributed by atoms with Crippen LogP contribution in [0.5, 0.6) is 5.75 Å². The van der Waals surface area contributed by atoms with Gasteiger partial charge in [-0.2, -0.15) is 0 Å². The minimum Gasteiger partial charge on any atom is -0.491 e. The molecule has 1 aromatic carbocycles. The van der Waals surface area contributed by atoms with Gasteiger partial charge in [-0.3, -0.25) is 9.69 Å². The zero-order valence-corrected chi connectivity index (χ0v) is 19.0. The lowest BCUT2D eigenvalue weighted by Crippen LogP contribution is -2.45. The summed E-state index contributed by atoms with van der Waals surface area (Å²) in [4.78, 5) is 29.1. The fourth-order valence-corrected chi connectivity index (χ4v) is 3.45. The molecule has 0 saturated heterocycles. The van der Waals surface area contributed by atoms with Crippen molar-refractivity contribution in [1.82, 2.24) is 15.1 Å². The van der Waals surface area contributed by atoms with Crippen molar-refractivity contribution in [3.63, 3.8) is 0 Å². The molecule has 1 aromatic rings. The van der Waals surface area contributed by atoms with Gasteiger partial charge in [0.25, 0.3) is 5.91 Å². The number of likely N-dealkylation sites (N-methyl/N-ethyl adjacent to an activating group) is 2. The Morgan fingerprint density at radius 3 is 2.67 bits per heavy atom. The highest BCUT2D eigenvalue weighted by Gasteiger charge is 2.27. The first-order chi connectivity index (χ1) is 14.3. The average Bonchev–Trinajstić information content (AvgIpc) is 2.73. The Morgan fingerprint density at radius 2 is 2.00 bits per heavy atom. The number of methoxy groups -OCH3 is 1.